The van der Waals surface area contributed by atoms with E-state index in [0.717, 1.165) is 25.7 Å². The average Bonchev–Trinajstić information content (AvgIpc) is 2.35. The molecule has 0 aromatic carbocycles. The van der Waals surface area contributed by atoms with E-state index >= 15 is 0 Å². The fourth-order valence-corrected chi connectivity index (χ4v) is 2.22. The van der Waals surface area contributed by atoms with Gasteiger partial charge in [0.05, 0.1) is 12.1 Å². The number of nitrogens with zero attached hydrogens (tertiary/aromatic N) is 1. The molecule has 1 heterocycles. The van der Waals surface area contributed by atoms with Crippen molar-refractivity contribution < 1.29 is 9.59 Å². The molecule has 1 N–H and O–H groups in total. The Morgan fingerprint density at radius 1 is 1.46 bits per heavy atom. The molecule has 4 nitrogen and oxygen atoms in total. The molecule has 3 amide bonds. The largest absolute Gasteiger partial charge is 0.329 e. The number of hydrogen-bond donors (Lipinski definition) is 1. The van der Waals surface area contributed by atoms with Crippen LogP contribution >= 0.6 is 0 Å². The van der Waals surface area contributed by atoms with Gasteiger partial charge >= 0.3 is 6.03 Å². The molecule has 0 radical (unpaired) electrons. The van der Waals surface area contributed by atoms with E-state index in [1.807, 2.05) is 6.92 Å². The lowest BCUT2D eigenvalue weighted by atomic mass is 9.73. The van der Waals surface area contributed by atoms with Crippen molar-refractivity contribution in [3.63, 3.8) is 0 Å². The lowest BCUT2D eigenvalue weighted by molar-refractivity contribution is -0.132. The van der Waals surface area contributed by atoms with Crippen LogP contribution in [0.2, 0.25) is 0 Å². The van der Waals surface area contributed by atoms with E-state index in [1.54, 1.807) is 0 Å². The molecule has 2 fully saturated rings. The highest BCUT2D eigenvalue weighted by molar-refractivity contribution is 6.02. The van der Waals surface area contributed by atoms with Crippen LogP contribution < -0.4 is 5.32 Å². The van der Waals surface area contributed by atoms with Crippen molar-refractivity contribution in [2.45, 2.75) is 38.1 Å². The van der Waals surface area contributed by atoms with E-state index in [-0.39, 0.29) is 24.0 Å². The summed E-state index contributed by atoms with van der Waals surface area (Å²) in [4.78, 5) is 24.2. The molecular weight excluding hydrogens is 168 g/mol. The van der Waals surface area contributed by atoms with Gasteiger partial charge in [-0.05, 0) is 25.7 Å². The summed E-state index contributed by atoms with van der Waals surface area (Å²) in [5.74, 6) is -0.0634. The second-order valence-corrected chi connectivity index (χ2v) is 3.82. The van der Waals surface area contributed by atoms with Gasteiger partial charge in [-0.2, -0.15) is 0 Å². The molecule has 1 aliphatic heterocycles. The van der Waals surface area contributed by atoms with Gasteiger partial charge in [0.1, 0.15) is 0 Å². The molecule has 1 saturated heterocycles. The lowest BCUT2D eigenvalue weighted by Crippen LogP contribution is -2.56. The van der Waals surface area contributed by atoms with E-state index in [0.29, 0.717) is 0 Å². The number of nitrogens with one attached hydrogen (secondary N) is 1. The van der Waals surface area contributed by atoms with Crippen LogP contribution in [0.5, 0.6) is 0 Å². The van der Waals surface area contributed by atoms with Crippen molar-refractivity contribution in [2.24, 2.45) is 0 Å². The number of hydrogen-bond acceptors (Lipinski definition) is 2. The molecule has 0 aromatic heterocycles. The van der Waals surface area contributed by atoms with Gasteiger partial charge < -0.3 is 5.32 Å². The maximum atomic E-state index is 11.4. The number of carbonyl (C=O) groups is 2. The summed E-state index contributed by atoms with van der Waals surface area (Å²) in [5.41, 5.74) is -0.141. The van der Waals surface area contributed by atoms with Crippen molar-refractivity contribution in [1.82, 2.24) is 10.2 Å². The highest BCUT2D eigenvalue weighted by atomic mass is 16.2. The van der Waals surface area contributed by atoms with Gasteiger partial charge in [-0.3, -0.25) is 9.69 Å². The predicted molar refractivity (Wildman–Crippen MR) is 47.1 cm³/mol. The minimum Gasteiger partial charge on any atom is -0.329 e. The molecule has 0 bridgehead atoms. The average molecular weight is 182 g/mol. The smallest absolute Gasteiger partial charge is 0.325 e. The first kappa shape index (κ1) is 8.53. The molecule has 0 unspecified atom stereocenters. The van der Waals surface area contributed by atoms with Crippen molar-refractivity contribution >= 4 is 11.9 Å². The van der Waals surface area contributed by atoms with Crippen LogP contribution in [0.4, 0.5) is 4.79 Å². The van der Waals surface area contributed by atoms with Crippen LogP contribution in [0, 0.1) is 0 Å². The maximum absolute atomic E-state index is 11.4. The first-order valence-electron chi connectivity index (χ1n) is 4.80. The molecule has 1 saturated carbocycles. The summed E-state index contributed by atoms with van der Waals surface area (Å²) in [6, 6.07) is -0.202. The van der Waals surface area contributed by atoms with Crippen molar-refractivity contribution in [1.29, 1.82) is 0 Å². The van der Waals surface area contributed by atoms with Crippen LogP contribution in [-0.4, -0.2) is 28.9 Å². The fourth-order valence-electron chi connectivity index (χ4n) is 2.22. The first-order chi connectivity index (χ1) is 6.19. The van der Waals surface area contributed by atoms with E-state index < -0.39 is 0 Å². The Hall–Kier alpha value is -1.06. The van der Waals surface area contributed by atoms with Crippen LogP contribution in [0.3, 0.4) is 0 Å². The van der Waals surface area contributed by atoms with E-state index in [2.05, 4.69) is 5.32 Å². The van der Waals surface area contributed by atoms with E-state index in [1.165, 1.54) is 4.90 Å². The molecule has 72 valence electrons. The van der Waals surface area contributed by atoms with Gasteiger partial charge in [-0.15, -0.1) is 0 Å². The summed E-state index contributed by atoms with van der Waals surface area (Å²) in [5, 5.41) is 2.57. The van der Waals surface area contributed by atoms with Crippen LogP contribution in [0.15, 0.2) is 0 Å². The van der Waals surface area contributed by atoms with Crippen molar-refractivity contribution in [3.8, 4) is 0 Å². The Labute approximate surface area is 77.3 Å². The zero-order valence-electron chi connectivity index (χ0n) is 7.80. The highest BCUT2D eigenvalue weighted by Gasteiger charge is 2.48. The molecular formula is C9H14N2O2. The molecule has 2 rings (SSSR count). The van der Waals surface area contributed by atoms with Gasteiger partial charge in [0.2, 0.25) is 0 Å². The van der Waals surface area contributed by atoms with Gasteiger partial charge in [-0.1, -0.05) is 6.92 Å². The van der Waals surface area contributed by atoms with Crippen LogP contribution in [-0.2, 0) is 4.79 Å². The quantitative estimate of drug-likeness (QED) is 0.644. The number of urea groups is 1. The Bertz CT molecular complexity index is 237. The molecule has 4 heteroatoms. The lowest BCUT2D eigenvalue weighted by Gasteiger charge is -2.46. The topological polar surface area (TPSA) is 49.4 Å². The van der Waals surface area contributed by atoms with E-state index in [4.69, 9.17) is 0 Å². The van der Waals surface area contributed by atoms with Crippen molar-refractivity contribution in [3.05, 3.63) is 0 Å². The SMILES string of the molecule is CCC1(N2C(=O)CNC2=O)CCC1. The summed E-state index contributed by atoms with van der Waals surface area (Å²) < 4.78 is 0. The zero-order valence-corrected chi connectivity index (χ0v) is 7.80. The predicted octanol–water partition coefficient (Wildman–Crippen LogP) is 0.871. The second kappa shape index (κ2) is 2.72. The van der Waals surface area contributed by atoms with E-state index in [9.17, 15) is 9.59 Å². The fraction of sp³-hybridized carbons (Fsp3) is 0.778. The molecule has 0 atom stereocenters. The van der Waals surface area contributed by atoms with Gasteiger partial charge in [0.15, 0.2) is 0 Å². The molecule has 1 aliphatic carbocycles. The third-order valence-electron chi connectivity index (χ3n) is 3.26. The van der Waals surface area contributed by atoms with Crippen LogP contribution in [0.1, 0.15) is 32.6 Å². The summed E-state index contributed by atoms with van der Waals surface area (Å²) in [6.45, 7) is 2.22. The Morgan fingerprint density at radius 3 is 2.46 bits per heavy atom. The van der Waals surface area contributed by atoms with Crippen LogP contribution in [0.25, 0.3) is 0 Å². The zero-order chi connectivity index (χ0) is 9.47. The second-order valence-electron chi connectivity index (χ2n) is 3.82. The minimum atomic E-state index is -0.202. The summed E-state index contributed by atoms with van der Waals surface area (Å²) in [7, 11) is 0. The Balaban J connectivity index is 2.22. The molecule has 0 aromatic rings. The normalized spacial score (nSPS) is 25.8. The van der Waals surface area contributed by atoms with Gasteiger partial charge in [-0.25, -0.2) is 4.79 Å². The van der Waals surface area contributed by atoms with Crippen molar-refractivity contribution in [2.75, 3.05) is 6.54 Å². The van der Waals surface area contributed by atoms with Gasteiger partial charge in [0, 0.05) is 0 Å². The number of rotatable bonds is 2. The monoisotopic (exact) mass is 182 g/mol. The summed E-state index contributed by atoms with van der Waals surface area (Å²) >= 11 is 0. The first-order valence-corrected chi connectivity index (χ1v) is 4.80. The Kier molecular flexibility index (Phi) is 1.78. The number of imide groups is 1. The number of amides is 3. The third kappa shape index (κ3) is 1.04. The minimum absolute atomic E-state index is 0.0634. The van der Waals surface area contributed by atoms with Gasteiger partial charge in [0.25, 0.3) is 5.91 Å². The molecule has 0 spiro atoms. The molecule has 13 heavy (non-hydrogen) atoms. The number of carbonyl (C=O) groups excluding carboxylic acids is 2. The third-order valence-corrected chi connectivity index (χ3v) is 3.26. The Morgan fingerprint density at radius 2 is 2.15 bits per heavy atom. The standard InChI is InChI=1S/C9H14N2O2/c1-2-9(4-3-5-9)11-7(12)6-10-8(11)13/h2-6H2,1H3,(H,10,13). The maximum Gasteiger partial charge on any atom is 0.325 e. The molecule has 2 aliphatic rings. The highest BCUT2D eigenvalue weighted by Crippen LogP contribution is 2.41. The summed E-state index contributed by atoms with van der Waals surface area (Å²) in [6.07, 6.45) is 3.96.